The third kappa shape index (κ3) is 4.43. The quantitative estimate of drug-likeness (QED) is 0.838. The number of ether oxygens (including phenoxy) is 2. The summed E-state index contributed by atoms with van der Waals surface area (Å²) in [6, 6.07) is 11.6. The lowest BCUT2D eigenvalue weighted by molar-refractivity contribution is -0.153. The van der Waals surface area contributed by atoms with Crippen LogP contribution in [0.25, 0.3) is 0 Å². The van der Waals surface area contributed by atoms with E-state index in [1.54, 1.807) is 0 Å². The van der Waals surface area contributed by atoms with Crippen molar-refractivity contribution in [3.8, 4) is 0 Å². The topological polar surface area (TPSA) is 24.9 Å². The summed E-state index contributed by atoms with van der Waals surface area (Å²) in [5.74, 6) is 0. The summed E-state index contributed by atoms with van der Waals surface area (Å²) in [6.07, 6.45) is 5.75. The number of rotatable bonds is 4. The molecule has 0 aliphatic carbocycles. The second kappa shape index (κ2) is 8.17. The predicted octanol–water partition coefficient (Wildman–Crippen LogP) is 2.57. The Morgan fingerprint density at radius 2 is 1.72 bits per heavy atom. The maximum atomic E-state index is 6.22. The number of nitrogens with zero attached hydrogens (tertiary/aromatic N) is 2. The lowest BCUT2D eigenvalue weighted by Gasteiger charge is -2.48. The minimum Gasteiger partial charge on any atom is -0.381 e. The Balaban J connectivity index is 1.24. The molecule has 25 heavy (non-hydrogen) atoms. The van der Waals surface area contributed by atoms with E-state index in [9.17, 15) is 0 Å². The van der Waals surface area contributed by atoms with E-state index in [1.165, 1.54) is 57.5 Å². The third-order valence-corrected chi connectivity index (χ3v) is 6.35. The van der Waals surface area contributed by atoms with Gasteiger partial charge in [-0.25, -0.2) is 0 Å². The Morgan fingerprint density at radius 3 is 2.48 bits per heavy atom. The van der Waals surface area contributed by atoms with Gasteiger partial charge in [-0.15, -0.1) is 0 Å². The Morgan fingerprint density at radius 1 is 0.960 bits per heavy atom. The molecule has 3 heterocycles. The molecule has 0 N–H and O–H groups in total. The predicted molar refractivity (Wildman–Crippen MR) is 99.9 cm³/mol. The van der Waals surface area contributed by atoms with Gasteiger partial charge in [0.25, 0.3) is 0 Å². The fourth-order valence-corrected chi connectivity index (χ4v) is 4.69. The summed E-state index contributed by atoms with van der Waals surface area (Å²) in [5.41, 5.74) is 1.57. The van der Waals surface area contributed by atoms with Crippen molar-refractivity contribution < 1.29 is 9.47 Å². The van der Waals surface area contributed by atoms with Crippen molar-refractivity contribution in [1.29, 1.82) is 0 Å². The second-order valence-corrected chi connectivity index (χ2v) is 7.90. The molecule has 138 valence electrons. The Kier molecular flexibility index (Phi) is 5.71. The molecule has 4 heteroatoms. The van der Waals surface area contributed by atoms with Crippen molar-refractivity contribution in [3.63, 3.8) is 0 Å². The number of piperazine rings is 1. The zero-order valence-corrected chi connectivity index (χ0v) is 15.4. The average molecular weight is 344 g/mol. The molecule has 0 saturated carbocycles. The van der Waals surface area contributed by atoms with E-state index in [0.717, 1.165) is 32.7 Å². The molecule has 3 fully saturated rings. The first-order valence-corrected chi connectivity index (χ1v) is 10.1. The maximum absolute atomic E-state index is 6.22. The molecule has 3 aliphatic rings. The lowest BCUT2D eigenvalue weighted by Crippen LogP contribution is -2.56. The van der Waals surface area contributed by atoms with Crippen molar-refractivity contribution in [1.82, 2.24) is 9.80 Å². The Hall–Kier alpha value is -0.940. The Bertz CT molecular complexity index is 516. The van der Waals surface area contributed by atoms with Crippen LogP contribution in [0.15, 0.2) is 30.3 Å². The monoisotopic (exact) mass is 344 g/mol. The minimum atomic E-state index is 0.117. The highest BCUT2D eigenvalue weighted by molar-refractivity contribution is 5.14. The average Bonchev–Trinajstić information content (AvgIpc) is 2.68. The van der Waals surface area contributed by atoms with Gasteiger partial charge in [0.15, 0.2) is 0 Å². The molecule has 0 aromatic heterocycles. The molecular formula is C21H32N2O2. The van der Waals surface area contributed by atoms with E-state index in [4.69, 9.17) is 9.47 Å². The van der Waals surface area contributed by atoms with Crippen LogP contribution >= 0.6 is 0 Å². The maximum Gasteiger partial charge on any atom is 0.0741 e. The van der Waals surface area contributed by atoms with E-state index in [-0.39, 0.29) is 5.60 Å². The smallest absolute Gasteiger partial charge is 0.0741 e. The van der Waals surface area contributed by atoms with Gasteiger partial charge in [0.2, 0.25) is 0 Å². The van der Waals surface area contributed by atoms with Crippen LogP contribution in [0.3, 0.4) is 0 Å². The van der Waals surface area contributed by atoms with E-state index >= 15 is 0 Å². The van der Waals surface area contributed by atoms with Crippen molar-refractivity contribution in [2.24, 2.45) is 0 Å². The van der Waals surface area contributed by atoms with Crippen LogP contribution in [0.5, 0.6) is 0 Å². The van der Waals surface area contributed by atoms with Crippen LogP contribution in [0.2, 0.25) is 0 Å². The van der Waals surface area contributed by atoms with Gasteiger partial charge in [-0.3, -0.25) is 4.90 Å². The molecule has 3 saturated heterocycles. The standard InChI is InChI=1S/C21H32N2O2/c1-2-4-19(5-3-1)6-10-22-11-13-23(14-12-22)20-7-15-25-21(18-20)8-16-24-17-9-21/h1-5,20H,6-18H2/t20-/m1/s1. The first-order valence-electron chi connectivity index (χ1n) is 10.1. The molecule has 0 radical (unpaired) electrons. The number of benzene rings is 1. The van der Waals surface area contributed by atoms with Crippen molar-refractivity contribution >= 4 is 0 Å². The van der Waals surface area contributed by atoms with Gasteiger partial charge in [-0.1, -0.05) is 30.3 Å². The molecular weight excluding hydrogens is 312 g/mol. The molecule has 4 rings (SSSR count). The summed E-state index contributed by atoms with van der Waals surface area (Å²) >= 11 is 0. The van der Waals surface area contributed by atoms with Crippen molar-refractivity contribution in [2.45, 2.75) is 43.7 Å². The number of hydrogen-bond donors (Lipinski definition) is 0. The highest BCUT2D eigenvalue weighted by atomic mass is 16.5. The molecule has 1 spiro atoms. The zero-order valence-electron chi connectivity index (χ0n) is 15.4. The van der Waals surface area contributed by atoms with Gasteiger partial charge in [-0.2, -0.15) is 0 Å². The molecule has 0 unspecified atom stereocenters. The SMILES string of the molecule is c1ccc(CCN2CCN([C@@H]3CCOC4(CCOCC4)C3)CC2)cc1. The third-order valence-electron chi connectivity index (χ3n) is 6.35. The fourth-order valence-electron chi connectivity index (χ4n) is 4.69. The molecule has 1 atom stereocenters. The molecule has 0 amide bonds. The van der Waals surface area contributed by atoms with E-state index in [0.29, 0.717) is 6.04 Å². The van der Waals surface area contributed by atoms with Crippen molar-refractivity contribution in [3.05, 3.63) is 35.9 Å². The first-order chi connectivity index (χ1) is 12.3. The van der Waals surface area contributed by atoms with Crippen LogP contribution in [-0.2, 0) is 15.9 Å². The van der Waals surface area contributed by atoms with E-state index in [1.807, 2.05) is 0 Å². The minimum absolute atomic E-state index is 0.117. The molecule has 1 aromatic carbocycles. The van der Waals surface area contributed by atoms with Crippen LogP contribution in [0, 0.1) is 0 Å². The van der Waals surface area contributed by atoms with E-state index < -0.39 is 0 Å². The number of hydrogen-bond acceptors (Lipinski definition) is 4. The molecule has 0 bridgehead atoms. The fraction of sp³-hybridized carbons (Fsp3) is 0.714. The highest BCUT2D eigenvalue weighted by Crippen LogP contribution is 2.36. The van der Waals surface area contributed by atoms with Gasteiger partial charge in [0.1, 0.15) is 0 Å². The van der Waals surface area contributed by atoms with Gasteiger partial charge >= 0.3 is 0 Å². The van der Waals surface area contributed by atoms with Crippen LogP contribution in [0.1, 0.15) is 31.2 Å². The largest absolute Gasteiger partial charge is 0.381 e. The summed E-state index contributed by atoms with van der Waals surface area (Å²) < 4.78 is 11.8. The molecule has 4 nitrogen and oxygen atoms in total. The van der Waals surface area contributed by atoms with Crippen LogP contribution in [0.4, 0.5) is 0 Å². The second-order valence-electron chi connectivity index (χ2n) is 7.90. The summed E-state index contributed by atoms with van der Waals surface area (Å²) in [7, 11) is 0. The zero-order chi connectivity index (χ0) is 17.0. The highest BCUT2D eigenvalue weighted by Gasteiger charge is 2.41. The van der Waals surface area contributed by atoms with Gasteiger partial charge in [0, 0.05) is 58.6 Å². The van der Waals surface area contributed by atoms with Gasteiger partial charge in [-0.05, 0) is 37.7 Å². The van der Waals surface area contributed by atoms with Crippen molar-refractivity contribution in [2.75, 3.05) is 52.5 Å². The van der Waals surface area contributed by atoms with E-state index in [2.05, 4.69) is 40.1 Å². The van der Waals surface area contributed by atoms with Gasteiger partial charge < -0.3 is 14.4 Å². The first kappa shape index (κ1) is 17.5. The summed E-state index contributed by atoms with van der Waals surface area (Å²) in [4.78, 5) is 5.37. The van der Waals surface area contributed by atoms with Gasteiger partial charge in [0.05, 0.1) is 5.60 Å². The van der Waals surface area contributed by atoms with Crippen LogP contribution < -0.4 is 0 Å². The van der Waals surface area contributed by atoms with Crippen LogP contribution in [-0.4, -0.2) is 74.0 Å². The Labute approximate surface area is 152 Å². The summed E-state index contributed by atoms with van der Waals surface area (Å²) in [5, 5.41) is 0. The normalized spacial score (nSPS) is 28.2. The molecule has 1 aromatic rings. The summed E-state index contributed by atoms with van der Waals surface area (Å²) in [6.45, 7) is 8.71. The molecule has 3 aliphatic heterocycles. The lowest BCUT2D eigenvalue weighted by atomic mass is 9.83.